The van der Waals surface area contributed by atoms with E-state index in [9.17, 15) is 0 Å². The van der Waals surface area contributed by atoms with Crippen LogP contribution in [0.5, 0.6) is 0 Å². The largest absolute Gasteiger partial charge is 0.373 e. The Hall–Kier alpha value is -0.380. The van der Waals surface area contributed by atoms with Gasteiger partial charge in [0.1, 0.15) is 0 Å². The molecule has 1 saturated carbocycles. The van der Waals surface area contributed by atoms with Gasteiger partial charge in [-0.15, -0.1) is 11.3 Å². The van der Waals surface area contributed by atoms with Gasteiger partial charge in [-0.1, -0.05) is 27.7 Å². The van der Waals surface area contributed by atoms with E-state index in [1.54, 1.807) is 0 Å². The summed E-state index contributed by atoms with van der Waals surface area (Å²) < 4.78 is 6.26. The van der Waals surface area contributed by atoms with Crippen LogP contribution in [-0.4, -0.2) is 12.6 Å². The van der Waals surface area contributed by atoms with E-state index in [2.05, 4.69) is 46.0 Å². The maximum absolute atomic E-state index is 6.26. The fourth-order valence-electron chi connectivity index (χ4n) is 3.66. The van der Waals surface area contributed by atoms with Gasteiger partial charge >= 0.3 is 0 Å². The summed E-state index contributed by atoms with van der Waals surface area (Å²) in [6, 6.07) is 2.32. The molecule has 0 bridgehead atoms. The molecule has 3 heteroatoms. The molecular formula is C18H31NOS. The third kappa shape index (κ3) is 5.08. The second-order valence-corrected chi connectivity index (χ2v) is 8.76. The summed E-state index contributed by atoms with van der Waals surface area (Å²) in [6.07, 6.45) is 4.18. The molecule has 2 nitrogen and oxygen atoms in total. The lowest BCUT2D eigenvalue weighted by atomic mass is 9.71. The summed E-state index contributed by atoms with van der Waals surface area (Å²) in [6.45, 7) is 14.3. The third-order valence-electron chi connectivity index (χ3n) is 4.44. The lowest BCUT2D eigenvalue weighted by molar-refractivity contribution is -0.0316. The van der Waals surface area contributed by atoms with E-state index < -0.39 is 0 Å². The van der Waals surface area contributed by atoms with E-state index in [0.29, 0.717) is 11.5 Å². The van der Waals surface area contributed by atoms with Crippen LogP contribution in [-0.2, 0) is 17.9 Å². The van der Waals surface area contributed by atoms with Crippen LogP contribution < -0.4 is 5.32 Å². The quantitative estimate of drug-likeness (QED) is 0.807. The van der Waals surface area contributed by atoms with Crippen molar-refractivity contribution in [1.29, 1.82) is 0 Å². The van der Waals surface area contributed by atoms with Gasteiger partial charge in [0.05, 0.1) is 12.7 Å². The number of hydrogen-bond donors (Lipinski definition) is 1. The molecule has 1 aromatic rings. The van der Waals surface area contributed by atoms with E-state index >= 15 is 0 Å². The Morgan fingerprint density at radius 1 is 1.38 bits per heavy atom. The van der Waals surface area contributed by atoms with Gasteiger partial charge < -0.3 is 10.1 Å². The standard InChI is InChI=1S/C18H31NOS/c1-6-19-11-17-8-15(14(3)21-17)12-20-16-7-13(2)9-18(4,5)10-16/h8,13,16,19H,6-7,9-12H2,1-5H3. The minimum atomic E-state index is 0.431. The molecule has 0 spiro atoms. The van der Waals surface area contributed by atoms with Crippen molar-refractivity contribution in [3.63, 3.8) is 0 Å². The summed E-state index contributed by atoms with van der Waals surface area (Å²) in [5.41, 5.74) is 1.81. The highest BCUT2D eigenvalue weighted by Crippen LogP contribution is 2.40. The summed E-state index contributed by atoms with van der Waals surface area (Å²) in [5.74, 6) is 0.784. The number of nitrogens with one attached hydrogen (secondary N) is 1. The van der Waals surface area contributed by atoms with E-state index in [1.165, 1.54) is 34.6 Å². The Balaban J connectivity index is 1.89. The van der Waals surface area contributed by atoms with Crippen LogP contribution in [0.15, 0.2) is 6.07 Å². The molecule has 1 N–H and O–H groups in total. The molecule has 0 amide bonds. The normalized spacial score (nSPS) is 25.2. The van der Waals surface area contributed by atoms with Crippen molar-refractivity contribution >= 4 is 11.3 Å². The number of ether oxygens (including phenoxy) is 1. The van der Waals surface area contributed by atoms with Crippen LogP contribution in [0.3, 0.4) is 0 Å². The summed E-state index contributed by atoms with van der Waals surface area (Å²) in [4.78, 5) is 2.83. The van der Waals surface area contributed by atoms with E-state index in [4.69, 9.17) is 4.74 Å². The van der Waals surface area contributed by atoms with Gasteiger partial charge in [0.25, 0.3) is 0 Å². The van der Waals surface area contributed by atoms with Crippen LogP contribution in [0.25, 0.3) is 0 Å². The molecule has 2 unspecified atom stereocenters. The molecule has 120 valence electrons. The average Bonchev–Trinajstić information content (AvgIpc) is 2.72. The van der Waals surface area contributed by atoms with Gasteiger partial charge in [-0.3, -0.25) is 0 Å². The predicted molar refractivity (Wildman–Crippen MR) is 91.8 cm³/mol. The first kappa shape index (κ1) is 17.0. The second kappa shape index (κ2) is 7.26. The molecular weight excluding hydrogens is 278 g/mol. The Labute approximate surface area is 134 Å². The zero-order valence-corrected chi connectivity index (χ0v) is 15.1. The molecule has 1 heterocycles. The molecule has 21 heavy (non-hydrogen) atoms. The molecule has 0 aliphatic heterocycles. The Morgan fingerprint density at radius 3 is 2.81 bits per heavy atom. The van der Waals surface area contributed by atoms with Crippen LogP contribution in [0.4, 0.5) is 0 Å². The zero-order valence-electron chi connectivity index (χ0n) is 14.3. The first-order valence-corrected chi connectivity index (χ1v) is 9.12. The molecule has 1 aromatic heterocycles. The van der Waals surface area contributed by atoms with Crippen molar-refractivity contribution in [2.24, 2.45) is 11.3 Å². The van der Waals surface area contributed by atoms with E-state index in [1.807, 2.05) is 11.3 Å². The molecule has 1 fully saturated rings. The van der Waals surface area contributed by atoms with Crippen molar-refractivity contribution in [1.82, 2.24) is 5.32 Å². The molecule has 0 radical (unpaired) electrons. The van der Waals surface area contributed by atoms with Gasteiger partial charge in [0, 0.05) is 16.3 Å². The van der Waals surface area contributed by atoms with Crippen molar-refractivity contribution in [2.75, 3.05) is 6.54 Å². The number of aryl methyl sites for hydroxylation is 1. The van der Waals surface area contributed by atoms with Gasteiger partial charge in [0.2, 0.25) is 0 Å². The average molecular weight is 310 g/mol. The fraction of sp³-hybridized carbons (Fsp3) is 0.778. The summed E-state index contributed by atoms with van der Waals surface area (Å²) in [5, 5.41) is 3.40. The van der Waals surface area contributed by atoms with E-state index in [-0.39, 0.29) is 0 Å². The van der Waals surface area contributed by atoms with Crippen LogP contribution in [0.1, 0.15) is 62.3 Å². The minimum absolute atomic E-state index is 0.431. The van der Waals surface area contributed by atoms with Gasteiger partial charge in [0.15, 0.2) is 0 Å². The fourth-order valence-corrected chi connectivity index (χ4v) is 4.68. The van der Waals surface area contributed by atoms with E-state index in [0.717, 1.165) is 25.6 Å². The maximum atomic E-state index is 6.26. The summed E-state index contributed by atoms with van der Waals surface area (Å²) in [7, 11) is 0. The van der Waals surface area contributed by atoms with Gasteiger partial charge in [-0.05, 0) is 55.7 Å². The Bertz CT molecular complexity index is 452. The van der Waals surface area contributed by atoms with Crippen molar-refractivity contribution < 1.29 is 4.74 Å². The topological polar surface area (TPSA) is 21.3 Å². The SMILES string of the molecule is CCNCc1cc(COC2CC(C)CC(C)(C)C2)c(C)s1. The number of hydrogen-bond acceptors (Lipinski definition) is 3. The lowest BCUT2D eigenvalue weighted by Gasteiger charge is -2.38. The highest BCUT2D eigenvalue weighted by Gasteiger charge is 2.32. The minimum Gasteiger partial charge on any atom is -0.373 e. The van der Waals surface area contributed by atoms with Gasteiger partial charge in [-0.25, -0.2) is 0 Å². The molecule has 0 saturated heterocycles. The molecule has 1 aliphatic carbocycles. The first-order valence-electron chi connectivity index (χ1n) is 8.30. The third-order valence-corrected chi connectivity index (χ3v) is 5.53. The smallest absolute Gasteiger partial charge is 0.0731 e. The Morgan fingerprint density at radius 2 is 2.14 bits per heavy atom. The molecule has 1 aliphatic rings. The van der Waals surface area contributed by atoms with Gasteiger partial charge in [-0.2, -0.15) is 0 Å². The highest BCUT2D eigenvalue weighted by molar-refractivity contribution is 7.12. The number of thiophene rings is 1. The zero-order chi connectivity index (χ0) is 15.5. The second-order valence-electron chi connectivity index (χ2n) is 7.42. The van der Waals surface area contributed by atoms with Crippen LogP contribution >= 0.6 is 11.3 Å². The molecule has 0 aromatic carbocycles. The molecule has 2 atom stereocenters. The first-order chi connectivity index (χ1) is 9.89. The maximum Gasteiger partial charge on any atom is 0.0731 e. The van der Waals surface area contributed by atoms with Crippen LogP contribution in [0.2, 0.25) is 0 Å². The lowest BCUT2D eigenvalue weighted by Crippen LogP contribution is -2.32. The number of rotatable bonds is 6. The monoisotopic (exact) mass is 309 g/mol. The molecule has 2 rings (SSSR count). The highest BCUT2D eigenvalue weighted by atomic mass is 32.1. The van der Waals surface area contributed by atoms with Crippen molar-refractivity contribution in [3.8, 4) is 0 Å². The van der Waals surface area contributed by atoms with Crippen molar-refractivity contribution in [2.45, 2.75) is 73.1 Å². The summed E-state index contributed by atoms with van der Waals surface area (Å²) >= 11 is 1.90. The predicted octanol–water partition coefficient (Wildman–Crippen LogP) is 4.90. The van der Waals surface area contributed by atoms with Crippen LogP contribution in [0, 0.1) is 18.3 Å². The van der Waals surface area contributed by atoms with Crippen molar-refractivity contribution in [3.05, 3.63) is 21.4 Å². The Kier molecular flexibility index (Phi) is 5.87.